The molecule has 206 valence electrons. The van der Waals surface area contributed by atoms with Gasteiger partial charge in [-0.05, 0) is 52.7 Å². The van der Waals surface area contributed by atoms with E-state index in [1.807, 2.05) is 12.1 Å². The van der Waals surface area contributed by atoms with Crippen molar-refractivity contribution in [1.29, 1.82) is 0 Å². The molecular formula is C36H26B5N3O. The topological polar surface area (TPSA) is 43.9 Å². The quantitative estimate of drug-likeness (QED) is 0.288. The normalized spacial score (nSPS) is 12.0. The molecule has 0 saturated carbocycles. The van der Waals surface area contributed by atoms with Crippen molar-refractivity contribution in [1.82, 2.24) is 14.5 Å². The summed E-state index contributed by atoms with van der Waals surface area (Å²) in [6, 6.07) is 34.2. The Bertz CT molecular complexity index is 2700. The van der Waals surface area contributed by atoms with Crippen molar-refractivity contribution in [3.05, 3.63) is 97.1 Å². The number of hydrogen-bond acceptors (Lipinski definition) is 3. The number of fused-ring (bicyclic) bond motifs is 9. The van der Waals surface area contributed by atoms with E-state index in [0.717, 1.165) is 55.0 Å². The third-order valence-corrected chi connectivity index (χ3v) is 10.2. The second-order valence-electron chi connectivity index (χ2n) is 12.4. The predicted molar refractivity (Wildman–Crippen MR) is 205 cm³/mol. The molecule has 3 heterocycles. The minimum atomic E-state index is 0.659. The van der Waals surface area contributed by atoms with Crippen LogP contribution in [0.25, 0.3) is 82.6 Å². The van der Waals surface area contributed by atoms with E-state index in [2.05, 4.69) is 129 Å². The summed E-state index contributed by atoms with van der Waals surface area (Å²) >= 11 is 0. The Morgan fingerprint density at radius 3 is 1.96 bits per heavy atom. The summed E-state index contributed by atoms with van der Waals surface area (Å²) < 4.78 is 8.68. The molecule has 0 saturated heterocycles. The molecule has 0 N–H and O–H groups in total. The fourth-order valence-electron chi connectivity index (χ4n) is 7.42. The average molecular weight is 571 g/mol. The van der Waals surface area contributed by atoms with Crippen LogP contribution >= 0.6 is 0 Å². The van der Waals surface area contributed by atoms with Gasteiger partial charge in [0.05, 0.1) is 27.6 Å². The average Bonchev–Trinajstić information content (AvgIpc) is 3.60. The Kier molecular flexibility index (Phi) is 5.50. The van der Waals surface area contributed by atoms with Crippen LogP contribution < -0.4 is 27.3 Å². The van der Waals surface area contributed by atoms with E-state index in [0.29, 0.717) is 5.95 Å². The lowest BCUT2D eigenvalue weighted by Gasteiger charge is -2.21. The maximum atomic E-state index is 6.40. The van der Waals surface area contributed by atoms with Gasteiger partial charge in [0.2, 0.25) is 5.95 Å². The largest absolute Gasteiger partial charge is 0.456 e. The molecule has 0 fully saturated rings. The van der Waals surface area contributed by atoms with Crippen molar-refractivity contribution in [2.24, 2.45) is 0 Å². The first-order valence-electron chi connectivity index (χ1n) is 15.5. The standard InChI is InChI=1S/C36H26B5N3O/c37-29-28(30(38)32(40)33(41)31(29)39)34-20-9-3-5-11-23(20)42-36(43-34)44-24-16-18-8-2-1-7-17(18)15-22(24)19-13-14-26-27(35(19)44)21-10-4-6-12-25(21)45-26/h1-16H,37-41H2. The van der Waals surface area contributed by atoms with Gasteiger partial charge in [-0.15, -0.1) is 16.4 Å². The number of hydrogen-bond donors (Lipinski definition) is 0. The van der Waals surface area contributed by atoms with Crippen LogP contribution in [0, 0.1) is 0 Å². The van der Waals surface area contributed by atoms with Crippen LogP contribution in [0.4, 0.5) is 0 Å². The van der Waals surface area contributed by atoms with Gasteiger partial charge in [-0.2, -0.15) is 0 Å². The number of nitrogens with zero attached hydrogens (tertiary/aromatic N) is 3. The zero-order valence-electron chi connectivity index (χ0n) is 26.0. The molecule has 0 unspecified atom stereocenters. The summed E-state index contributed by atoms with van der Waals surface area (Å²) in [5, 5.41) is 7.93. The number of aromatic nitrogens is 3. The van der Waals surface area contributed by atoms with Crippen molar-refractivity contribution in [3.8, 4) is 17.2 Å². The fraction of sp³-hybridized carbons (Fsp3) is 0. The third-order valence-electron chi connectivity index (χ3n) is 10.2. The molecule has 0 aliphatic heterocycles. The highest BCUT2D eigenvalue weighted by molar-refractivity contribution is 6.68. The van der Waals surface area contributed by atoms with E-state index in [1.165, 1.54) is 49.0 Å². The van der Waals surface area contributed by atoms with Gasteiger partial charge in [-0.25, -0.2) is 9.97 Å². The molecule has 0 atom stereocenters. The van der Waals surface area contributed by atoms with Gasteiger partial charge in [0.25, 0.3) is 0 Å². The lowest BCUT2D eigenvalue weighted by Crippen LogP contribution is -2.55. The molecular weight excluding hydrogens is 544 g/mol. The molecule has 9 heteroatoms. The predicted octanol–water partition coefficient (Wildman–Crippen LogP) is 0.739. The summed E-state index contributed by atoms with van der Waals surface area (Å²) in [5.74, 6) is 0.659. The summed E-state index contributed by atoms with van der Waals surface area (Å²) in [6.07, 6.45) is 0. The van der Waals surface area contributed by atoms with Crippen molar-refractivity contribution in [3.63, 3.8) is 0 Å². The van der Waals surface area contributed by atoms with Crippen LogP contribution in [0.2, 0.25) is 0 Å². The fourth-order valence-corrected chi connectivity index (χ4v) is 7.42. The summed E-state index contributed by atoms with van der Waals surface area (Å²) in [5.41, 5.74) is 13.5. The van der Waals surface area contributed by atoms with E-state index in [1.54, 1.807) is 0 Å². The molecule has 9 rings (SSSR count). The third kappa shape index (κ3) is 3.61. The Hall–Kier alpha value is -5.16. The summed E-state index contributed by atoms with van der Waals surface area (Å²) in [6.45, 7) is 0. The van der Waals surface area contributed by atoms with Crippen LogP contribution in [0.5, 0.6) is 0 Å². The molecule has 45 heavy (non-hydrogen) atoms. The van der Waals surface area contributed by atoms with Crippen LogP contribution in [-0.4, -0.2) is 53.8 Å². The number of furan rings is 1. The Morgan fingerprint density at radius 1 is 0.533 bits per heavy atom. The molecule has 0 aliphatic carbocycles. The van der Waals surface area contributed by atoms with E-state index in [4.69, 9.17) is 14.4 Å². The summed E-state index contributed by atoms with van der Waals surface area (Å²) in [7, 11) is 11.1. The zero-order chi connectivity index (χ0) is 30.6. The lowest BCUT2D eigenvalue weighted by molar-refractivity contribution is 0.669. The van der Waals surface area contributed by atoms with E-state index < -0.39 is 0 Å². The lowest BCUT2D eigenvalue weighted by atomic mass is 9.60. The van der Waals surface area contributed by atoms with E-state index >= 15 is 0 Å². The number of benzene rings is 6. The molecule has 6 aromatic carbocycles. The maximum Gasteiger partial charge on any atom is 0.235 e. The smallest absolute Gasteiger partial charge is 0.235 e. The van der Waals surface area contributed by atoms with Gasteiger partial charge in [0.1, 0.15) is 50.4 Å². The minimum Gasteiger partial charge on any atom is -0.456 e. The van der Waals surface area contributed by atoms with Gasteiger partial charge in [-0.1, -0.05) is 71.6 Å². The minimum absolute atomic E-state index is 0.659. The molecule has 0 spiro atoms. The van der Waals surface area contributed by atoms with Crippen molar-refractivity contribution in [2.45, 2.75) is 0 Å². The van der Waals surface area contributed by atoms with Crippen molar-refractivity contribution in [2.75, 3.05) is 0 Å². The van der Waals surface area contributed by atoms with Crippen LogP contribution in [0.1, 0.15) is 0 Å². The van der Waals surface area contributed by atoms with Gasteiger partial charge < -0.3 is 4.42 Å². The number of rotatable bonds is 2. The Balaban J connectivity index is 1.51. The van der Waals surface area contributed by atoms with E-state index in [-0.39, 0.29) is 0 Å². The SMILES string of the molecule is Bc1c(B)c(B)c(-c2nc(-n3c4cc5ccccc5cc4c4ccc5oc6ccccc6c5c43)nc3ccccc23)c(B)c1B. The zero-order valence-corrected chi connectivity index (χ0v) is 26.0. The van der Waals surface area contributed by atoms with E-state index in [9.17, 15) is 0 Å². The number of para-hydroxylation sites is 2. The van der Waals surface area contributed by atoms with Gasteiger partial charge >= 0.3 is 0 Å². The van der Waals surface area contributed by atoms with Gasteiger partial charge in [-0.3, -0.25) is 4.57 Å². The van der Waals surface area contributed by atoms with Crippen LogP contribution in [0.15, 0.2) is 101 Å². The first-order valence-corrected chi connectivity index (χ1v) is 15.5. The highest BCUT2D eigenvalue weighted by Gasteiger charge is 2.23. The molecule has 0 bridgehead atoms. The first kappa shape index (κ1) is 26.3. The van der Waals surface area contributed by atoms with Crippen molar-refractivity contribution >= 4 is 132 Å². The van der Waals surface area contributed by atoms with Gasteiger partial charge in [0, 0.05) is 21.5 Å². The van der Waals surface area contributed by atoms with Crippen LogP contribution in [-0.2, 0) is 0 Å². The molecule has 0 amide bonds. The van der Waals surface area contributed by atoms with Crippen LogP contribution in [0.3, 0.4) is 0 Å². The molecule has 4 nitrogen and oxygen atoms in total. The van der Waals surface area contributed by atoms with Crippen molar-refractivity contribution < 1.29 is 4.42 Å². The molecule has 0 aliphatic rings. The Labute approximate surface area is 264 Å². The Morgan fingerprint density at radius 2 is 1.18 bits per heavy atom. The highest BCUT2D eigenvalue weighted by Crippen LogP contribution is 2.41. The van der Waals surface area contributed by atoms with Gasteiger partial charge in [0.15, 0.2) is 0 Å². The molecule has 0 radical (unpaired) electrons. The monoisotopic (exact) mass is 571 g/mol. The maximum absolute atomic E-state index is 6.40. The second kappa shape index (κ2) is 9.42. The highest BCUT2D eigenvalue weighted by atomic mass is 16.3. The second-order valence-corrected chi connectivity index (χ2v) is 12.4. The molecule has 3 aromatic heterocycles. The summed E-state index contributed by atoms with van der Waals surface area (Å²) in [4.78, 5) is 10.8. The molecule has 9 aromatic rings. The first-order chi connectivity index (χ1) is 21.9.